The number of imidazole rings is 1. The van der Waals surface area contributed by atoms with Crippen LogP contribution in [0.2, 0.25) is 0 Å². The maximum Gasteiger partial charge on any atom is 0.306 e. The summed E-state index contributed by atoms with van der Waals surface area (Å²) in [6.07, 6.45) is 7.25. The highest BCUT2D eigenvalue weighted by Crippen LogP contribution is 2.61. The predicted molar refractivity (Wildman–Crippen MR) is 244 cm³/mol. The molecule has 13 nitrogen and oxygen atoms in total. The number of carbonyl (C=O) groups excluding carboxylic acids is 2. The molecule has 0 spiro atoms. The van der Waals surface area contributed by atoms with Gasteiger partial charge in [-0.25, -0.2) is 4.98 Å². The lowest BCUT2D eigenvalue weighted by Crippen LogP contribution is -2.59. The molecular weight excluding hydrogens is 827 g/mol. The maximum absolute atomic E-state index is 15.3. The molecule has 13 heteroatoms. The topological polar surface area (TPSA) is 129 Å². The van der Waals surface area contributed by atoms with Crippen LogP contribution in [-0.2, 0) is 47.5 Å². The third kappa shape index (κ3) is 8.89. The van der Waals surface area contributed by atoms with E-state index in [4.69, 9.17) is 42.9 Å². The van der Waals surface area contributed by atoms with Crippen molar-refractivity contribution in [3.8, 4) is 11.1 Å². The van der Waals surface area contributed by atoms with Crippen LogP contribution in [0.4, 0.5) is 0 Å². The van der Waals surface area contributed by atoms with Crippen LogP contribution in [0.25, 0.3) is 16.8 Å². The van der Waals surface area contributed by atoms with Crippen molar-refractivity contribution < 1.29 is 47.5 Å². The van der Waals surface area contributed by atoms with Gasteiger partial charge in [-0.1, -0.05) is 50.3 Å². The molecule has 4 fully saturated rings. The second-order valence-electron chi connectivity index (χ2n) is 19.9. The van der Waals surface area contributed by atoms with E-state index in [-0.39, 0.29) is 84.6 Å². The molecule has 0 bridgehead atoms. The number of nitrogens with zero attached hydrogens (tertiary/aromatic N) is 3. The SMILES string of the molecule is CC[C@H]1CCC[C@H](O[C@H]2CC[C@H](N(C)C)C(C)O2)[C@@H](C)C(=O)C2=C[C@H]3[C@@H]4C[C@H](O[C@@H]5OC(C)[C@H](OC)C(OC)[C@@H]5OC)C[C@H]4c4c(nc5ccc(-c6ccccc6)cn45)[C@H]3[C@@H]2CC(=O)O1. The van der Waals surface area contributed by atoms with Gasteiger partial charge in [0.05, 0.1) is 36.5 Å². The van der Waals surface area contributed by atoms with Gasteiger partial charge in [-0.3, -0.25) is 9.59 Å². The number of esters is 1. The first-order valence-corrected chi connectivity index (χ1v) is 24.3. The average molecular weight is 898 g/mol. The molecule has 0 radical (unpaired) electrons. The molecule has 0 N–H and O–H groups in total. The van der Waals surface area contributed by atoms with E-state index in [1.165, 1.54) is 0 Å². The number of ketones is 1. The number of rotatable bonds is 10. The minimum Gasteiger partial charge on any atom is -0.462 e. The van der Waals surface area contributed by atoms with E-state index < -0.39 is 30.5 Å². The Bertz CT molecular complexity index is 2180. The number of fused-ring (bicyclic) bond motifs is 10. The Morgan fingerprint density at radius 2 is 1.58 bits per heavy atom. The highest BCUT2D eigenvalue weighted by molar-refractivity contribution is 5.99. The summed E-state index contributed by atoms with van der Waals surface area (Å²) in [7, 11) is 9.17. The van der Waals surface area contributed by atoms with Crippen molar-refractivity contribution in [1.82, 2.24) is 14.3 Å². The number of hydrogen-bond donors (Lipinski definition) is 0. The van der Waals surface area contributed by atoms with Crippen LogP contribution in [0.3, 0.4) is 0 Å². The monoisotopic (exact) mass is 898 g/mol. The van der Waals surface area contributed by atoms with Gasteiger partial charge in [0, 0.05) is 62.9 Å². The minimum absolute atomic E-state index is 0.00244. The van der Waals surface area contributed by atoms with Crippen LogP contribution in [0, 0.1) is 23.7 Å². The molecule has 3 aromatic rings. The van der Waals surface area contributed by atoms with Gasteiger partial charge < -0.3 is 47.2 Å². The number of Topliss-reactive ketones (excluding diaryl/α,β-unsaturated/α-hetero) is 1. The molecule has 354 valence electrons. The van der Waals surface area contributed by atoms with Crippen molar-refractivity contribution in [2.75, 3.05) is 35.4 Å². The van der Waals surface area contributed by atoms with E-state index in [0.29, 0.717) is 24.5 Å². The van der Waals surface area contributed by atoms with Crippen LogP contribution < -0.4 is 0 Å². The Morgan fingerprint density at radius 1 is 0.815 bits per heavy atom. The van der Waals surface area contributed by atoms with Gasteiger partial charge in [0.25, 0.3) is 0 Å². The second kappa shape index (κ2) is 19.6. The molecule has 9 rings (SSSR count). The summed E-state index contributed by atoms with van der Waals surface area (Å²) in [5.41, 5.74) is 5.84. The fourth-order valence-electron chi connectivity index (χ4n) is 12.7. The van der Waals surface area contributed by atoms with Gasteiger partial charge in [0.1, 0.15) is 30.1 Å². The third-order valence-corrected chi connectivity index (χ3v) is 16.0. The van der Waals surface area contributed by atoms with Gasteiger partial charge >= 0.3 is 5.97 Å². The number of methoxy groups -OCH3 is 3. The molecule has 3 unspecified atom stereocenters. The molecule has 1 aromatic carbocycles. The van der Waals surface area contributed by atoms with E-state index in [9.17, 15) is 4.79 Å². The average Bonchev–Trinajstić information content (AvgIpc) is 4.00. The molecule has 1 saturated carbocycles. The molecule has 5 heterocycles. The largest absolute Gasteiger partial charge is 0.462 e. The fraction of sp³-hybridized carbons (Fsp3) is 0.673. The lowest BCUT2D eigenvalue weighted by atomic mass is 9.66. The van der Waals surface area contributed by atoms with Crippen LogP contribution in [-0.4, -0.2) is 129 Å². The number of pyridine rings is 1. The molecule has 17 atom stereocenters. The van der Waals surface area contributed by atoms with E-state index >= 15 is 4.79 Å². The van der Waals surface area contributed by atoms with Crippen molar-refractivity contribution in [1.29, 1.82) is 0 Å². The van der Waals surface area contributed by atoms with Gasteiger partial charge in [-0.15, -0.1) is 0 Å². The van der Waals surface area contributed by atoms with E-state index in [1.54, 1.807) is 21.3 Å². The van der Waals surface area contributed by atoms with Crippen molar-refractivity contribution in [3.05, 3.63) is 71.7 Å². The number of allylic oxidation sites excluding steroid dienone is 2. The zero-order valence-corrected chi connectivity index (χ0v) is 39.8. The first-order valence-electron chi connectivity index (χ1n) is 24.3. The molecule has 3 saturated heterocycles. The zero-order valence-electron chi connectivity index (χ0n) is 39.8. The Hall–Kier alpha value is -3.53. The summed E-state index contributed by atoms with van der Waals surface area (Å²) in [4.78, 5) is 37.2. The second-order valence-corrected chi connectivity index (χ2v) is 19.9. The number of aromatic nitrogens is 2. The fourth-order valence-corrected chi connectivity index (χ4v) is 12.7. The molecule has 3 aliphatic carbocycles. The van der Waals surface area contributed by atoms with Crippen molar-refractivity contribution in [2.45, 2.75) is 165 Å². The molecule has 0 amide bonds. The summed E-state index contributed by atoms with van der Waals surface area (Å²) < 4.78 is 53.2. The van der Waals surface area contributed by atoms with Crippen LogP contribution in [0.15, 0.2) is 60.3 Å². The van der Waals surface area contributed by atoms with Gasteiger partial charge in [0.15, 0.2) is 18.4 Å². The molecule has 65 heavy (non-hydrogen) atoms. The normalized spacial score (nSPS) is 38.9. The van der Waals surface area contributed by atoms with E-state index in [1.807, 2.05) is 19.9 Å². The molecule has 6 aliphatic rings. The Kier molecular flexibility index (Phi) is 14.0. The standard InChI is InChI=1S/C52H71N3O10/c1-10-33-17-14-18-41(65-44-22-20-40(54(5)6)29(3)61-44)28(2)48(57)39-25-36-35-23-34(64-52-51(60-9)50(59-8)49(58-7)30(4)62-52)24-38(35)47-46(45(36)37(39)26-43(56)63-33)53-42-21-19-32(27-55(42)47)31-15-12-11-13-16-31/h11-13,15-16,19,21,25,27-30,33-38,40-41,44-45,49-52H,10,14,17-18,20,22-24,26H2,1-9H3/t28-,29?,30?,33+,34+,35+,36+,37-,38-,40+,41+,44+,45-,49+,50?,51+,52+/m1/s1. The lowest BCUT2D eigenvalue weighted by Gasteiger charge is -2.44. The van der Waals surface area contributed by atoms with Crippen LogP contribution in [0.5, 0.6) is 0 Å². The summed E-state index contributed by atoms with van der Waals surface area (Å²) in [6, 6.07) is 14.9. The number of cyclic esters (lactones) is 1. The van der Waals surface area contributed by atoms with Gasteiger partial charge in [0.2, 0.25) is 0 Å². The first-order chi connectivity index (χ1) is 31.4. The smallest absolute Gasteiger partial charge is 0.306 e. The van der Waals surface area contributed by atoms with E-state index in [2.05, 4.69) is 85.9 Å². The molecule has 2 aromatic heterocycles. The van der Waals surface area contributed by atoms with Crippen molar-refractivity contribution in [3.63, 3.8) is 0 Å². The van der Waals surface area contributed by atoms with Gasteiger partial charge in [-0.05, 0) is 120 Å². The first kappa shape index (κ1) is 46.6. The Balaban J connectivity index is 1.09. The van der Waals surface area contributed by atoms with Crippen LogP contribution >= 0.6 is 0 Å². The van der Waals surface area contributed by atoms with Crippen molar-refractivity contribution in [2.24, 2.45) is 23.7 Å². The summed E-state index contributed by atoms with van der Waals surface area (Å²) in [5, 5.41) is 0. The minimum atomic E-state index is -0.680. The van der Waals surface area contributed by atoms with Crippen LogP contribution in [0.1, 0.15) is 109 Å². The summed E-state index contributed by atoms with van der Waals surface area (Å²) in [5.74, 6) is -1.21. The number of likely N-dealkylation sites (N-methyl/N-ethyl adjacent to an activating group) is 1. The lowest BCUT2D eigenvalue weighted by molar-refractivity contribution is -0.314. The summed E-state index contributed by atoms with van der Waals surface area (Å²) in [6.45, 7) is 8.18. The Labute approximate surface area is 384 Å². The highest BCUT2D eigenvalue weighted by Gasteiger charge is 2.57. The van der Waals surface area contributed by atoms with E-state index in [0.717, 1.165) is 66.7 Å². The van der Waals surface area contributed by atoms with Gasteiger partial charge in [-0.2, -0.15) is 0 Å². The molecule has 3 aliphatic heterocycles. The van der Waals surface area contributed by atoms with Crippen molar-refractivity contribution >= 4 is 17.4 Å². The predicted octanol–water partition coefficient (Wildman–Crippen LogP) is 7.88. The number of hydrogen-bond acceptors (Lipinski definition) is 12. The number of ether oxygens (including phenoxy) is 8. The highest BCUT2D eigenvalue weighted by atomic mass is 16.7. The molecular formula is C52H71N3O10. The summed E-state index contributed by atoms with van der Waals surface area (Å²) >= 11 is 0. The Morgan fingerprint density at radius 3 is 2.29 bits per heavy atom. The number of benzene rings is 1. The zero-order chi connectivity index (χ0) is 45.7. The quantitative estimate of drug-likeness (QED) is 0.184. The number of carbonyl (C=O) groups is 2. The maximum atomic E-state index is 15.3. The third-order valence-electron chi connectivity index (χ3n) is 16.0.